The van der Waals surface area contributed by atoms with Gasteiger partial charge in [0.1, 0.15) is 5.56 Å². The van der Waals surface area contributed by atoms with Crippen LogP contribution in [0, 0.1) is 5.21 Å². The molecule has 0 spiro atoms. The number of rotatable bonds is 2. The summed E-state index contributed by atoms with van der Waals surface area (Å²) in [6, 6.07) is 7.01. The van der Waals surface area contributed by atoms with Crippen LogP contribution in [-0.4, -0.2) is 5.91 Å². The maximum atomic E-state index is 12.5. The Hall–Kier alpha value is -2.57. The molecule has 2 rings (SSSR count). The van der Waals surface area contributed by atoms with Gasteiger partial charge >= 0.3 is 6.18 Å². The molecule has 0 aliphatic heterocycles. The third-order valence-electron chi connectivity index (χ3n) is 2.49. The molecule has 1 N–H and O–H groups in total. The molecule has 20 heavy (non-hydrogen) atoms. The van der Waals surface area contributed by atoms with Crippen LogP contribution in [-0.2, 0) is 6.18 Å². The number of anilines is 1. The van der Waals surface area contributed by atoms with E-state index in [0.29, 0.717) is 4.73 Å². The molecule has 0 unspecified atom stereocenters. The summed E-state index contributed by atoms with van der Waals surface area (Å²) in [4.78, 5) is 11.8. The number of halogens is 3. The van der Waals surface area contributed by atoms with Crippen molar-refractivity contribution in [1.82, 2.24) is 0 Å². The van der Waals surface area contributed by atoms with Crippen LogP contribution >= 0.6 is 0 Å². The van der Waals surface area contributed by atoms with E-state index in [0.717, 1.165) is 18.3 Å². The molecule has 4 nitrogen and oxygen atoms in total. The van der Waals surface area contributed by atoms with E-state index in [-0.39, 0.29) is 11.3 Å². The van der Waals surface area contributed by atoms with E-state index < -0.39 is 17.6 Å². The van der Waals surface area contributed by atoms with Crippen molar-refractivity contribution in [3.8, 4) is 0 Å². The maximum Gasteiger partial charge on any atom is 0.416 e. The predicted octanol–water partition coefficient (Wildman–Crippen LogP) is 2.59. The van der Waals surface area contributed by atoms with E-state index in [1.165, 1.54) is 30.5 Å². The molecule has 0 saturated carbocycles. The molecule has 1 aromatic carbocycles. The Morgan fingerprint density at radius 1 is 1.20 bits per heavy atom. The first kappa shape index (κ1) is 13.9. The van der Waals surface area contributed by atoms with Crippen LogP contribution in [0.4, 0.5) is 18.9 Å². The Kier molecular flexibility index (Phi) is 3.60. The number of hydrogen-bond donors (Lipinski definition) is 1. The first-order chi connectivity index (χ1) is 9.36. The van der Waals surface area contributed by atoms with Crippen LogP contribution in [0.1, 0.15) is 15.9 Å². The molecule has 104 valence electrons. The first-order valence-electron chi connectivity index (χ1n) is 5.54. The molecule has 0 radical (unpaired) electrons. The largest absolute Gasteiger partial charge is 0.619 e. The van der Waals surface area contributed by atoms with Gasteiger partial charge in [0.05, 0.1) is 5.56 Å². The average Bonchev–Trinajstić information content (AvgIpc) is 2.38. The van der Waals surface area contributed by atoms with Crippen LogP contribution in [0.15, 0.2) is 48.8 Å². The summed E-state index contributed by atoms with van der Waals surface area (Å²) in [6.07, 6.45) is -2.25. The molecule has 1 amide bonds. The van der Waals surface area contributed by atoms with Gasteiger partial charge in [0.25, 0.3) is 5.91 Å². The van der Waals surface area contributed by atoms with Gasteiger partial charge in [-0.3, -0.25) is 4.79 Å². The molecule has 0 aliphatic rings. The highest BCUT2D eigenvalue weighted by Crippen LogP contribution is 2.30. The fraction of sp³-hybridized carbons (Fsp3) is 0.0769. The molecule has 0 atom stereocenters. The Labute approximate surface area is 112 Å². The van der Waals surface area contributed by atoms with Crippen molar-refractivity contribution in [2.75, 3.05) is 5.32 Å². The molecular weight excluding hydrogens is 273 g/mol. The fourth-order valence-corrected chi connectivity index (χ4v) is 1.57. The lowest BCUT2D eigenvalue weighted by Crippen LogP contribution is -2.27. The summed E-state index contributed by atoms with van der Waals surface area (Å²) in [5, 5.41) is 13.3. The highest BCUT2D eigenvalue weighted by atomic mass is 19.4. The van der Waals surface area contributed by atoms with Gasteiger partial charge in [-0.1, -0.05) is 6.07 Å². The van der Waals surface area contributed by atoms with Crippen LogP contribution in [0.25, 0.3) is 0 Å². The number of hydrogen-bond acceptors (Lipinski definition) is 2. The number of nitrogens with zero attached hydrogens (tertiary/aromatic N) is 1. The first-order valence-corrected chi connectivity index (χ1v) is 5.54. The number of carbonyl (C=O) groups excluding carboxylic acids is 1. The summed E-state index contributed by atoms with van der Waals surface area (Å²) in [5.41, 5.74) is -0.798. The van der Waals surface area contributed by atoms with Crippen molar-refractivity contribution in [3.05, 3.63) is 65.1 Å². The van der Waals surface area contributed by atoms with E-state index in [4.69, 9.17) is 0 Å². The molecule has 0 aliphatic carbocycles. The molecule has 1 aromatic heterocycles. The minimum Gasteiger partial charge on any atom is -0.619 e. The lowest BCUT2D eigenvalue weighted by Gasteiger charge is -2.09. The van der Waals surface area contributed by atoms with Gasteiger partial charge in [0, 0.05) is 11.8 Å². The average molecular weight is 282 g/mol. The van der Waals surface area contributed by atoms with Crippen molar-refractivity contribution in [2.45, 2.75) is 6.18 Å². The molecule has 0 bridgehead atoms. The summed E-state index contributed by atoms with van der Waals surface area (Å²) in [5.74, 6) is -0.658. The van der Waals surface area contributed by atoms with E-state index in [1.807, 2.05) is 0 Å². The molecule has 0 saturated heterocycles. The SMILES string of the molecule is O=C(Nc1cccc(C(F)(F)F)c1)c1ccc[n+]([O-])c1. The number of carbonyl (C=O) groups is 1. The standard InChI is InChI=1S/C13H9F3N2O2/c14-13(15,16)10-4-1-5-11(7-10)17-12(19)9-3-2-6-18(20)8-9/h1-8H,(H,17,19). The topological polar surface area (TPSA) is 56.0 Å². The number of pyridine rings is 1. The van der Waals surface area contributed by atoms with E-state index in [2.05, 4.69) is 5.32 Å². The zero-order valence-electron chi connectivity index (χ0n) is 10.0. The Morgan fingerprint density at radius 2 is 1.95 bits per heavy atom. The van der Waals surface area contributed by atoms with Crippen LogP contribution in [0.3, 0.4) is 0 Å². The molecular formula is C13H9F3N2O2. The summed E-state index contributed by atoms with van der Waals surface area (Å²) in [6.45, 7) is 0. The molecule has 7 heteroatoms. The van der Waals surface area contributed by atoms with Gasteiger partial charge in [-0.05, 0) is 24.3 Å². The summed E-state index contributed by atoms with van der Waals surface area (Å²) >= 11 is 0. The van der Waals surface area contributed by atoms with Crippen molar-refractivity contribution in [2.24, 2.45) is 0 Å². The Balaban J connectivity index is 2.20. The van der Waals surface area contributed by atoms with Crippen molar-refractivity contribution >= 4 is 11.6 Å². The Morgan fingerprint density at radius 3 is 2.60 bits per heavy atom. The van der Waals surface area contributed by atoms with E-state index in [1.54, 1.807) is 0 Å². The third kappa shape index (κ3) is 3.25. The lowest BCUT2D eigenvalue weighted by molar-refractivity contribution is -0.605. The number of nitrogens with one attached hydrogen (secondary N) is 1. The fourth-order valence-electron chi connectivity index (χ4n) is 1.57. The second kappa shape index (κ2) is 5.20. The minimum absolute atomic E-state index is 0.00567. The number of aromatic nitrogens is 1. The van der Waals surface area contributed by atoms with Crippen LogP contribution < -0.4 is 10.0 Å². The van der Waals surface area contributed by atoms with Crippen LogP contribution in [0.5, 0.6) is 0 Å². The van der Waals surface area contributed by atoms with E-state index in [9.17, 15) is 23.2 Å². The quantitative estimate of drug-likeness (QED) is 0.680. The van der Waals surface area contributed by atoms with Crippen molar-refractivity contribution in [3.63, 3.8) is 0 Å². The van der Waals surface area contributed by atoms with Gasteiger partial charge in [0.2, 0.25) is 0 Å². The second-order valence-corrected chi connectivity index (χ2v) is 3.99. The van der Waals surface area contributed by atoms with Gasteiger partial charge < -0.3 is 10.5 Å². The zero-order valence-corrected chi connectivity index (χ0v) is 10.0. The van der Waals surface area contributed by atoms with Gasteiger partial charge in [0.15, 0.2) is 12.4 Å². The Bertz CT molecular complexity index is 642. The smallest absolute Gasteiger partial charge is 0.416 e. The highest BCUT2D eigenvalue weighted by Gasteiger charge is 2.30. The van der Waals surface area contributed by atoms with Gasteiger partial charge in [-0.25, -0.2) is 0 Å². The monoisotopic (exact) mass is 282 g/mol. The summed E-state index contributed by atoms with van der Waals surface area (Å²) < 4.78 is 38.0. The minimum atomic E-state index is -4.48. The number of alkyl halides is 3. The molecule has 2 aromatic rings. The second-order valence-electron chi connectivity index (χ2n) is 3.99. The van der Waals surface area contributed by atoms with Crippen molar-refractivity contribution in [1.29, 1.82) is 0 Å². The number of benzene rings is 1. The van der Waals surface area contributed by atoms with Crippen LogP contribution in [0.2, 0.25) is 0 Å². The van der Waals surface area contributed by atoms with Gasteiger partial charge in [-0.2, -0.15) is 17.9 Å². The number of amides is 1. The highest BCUT2D eigenvalue weighted by molar-refractivity contribution is 6.03. The summed E-state index contributed by atoms with van der Waals surface area (Å²) in [7, 11) is 0. The van der Waals surface area contributed by atoms with E-state index >= 15 is 0 Å². The third-order valence-corrected chi connectivity index (χ3v) is 2.49. The zero-order chi connectivity index (χ0) is 14.8. The normalized spacial score (nSPS) is 11.2. The molecule has 1 heterocycles. The lowest BCUT2D eigenvalue weighted by atomic mass is 10.2. The van der Waals surface area contributed by atoms with Gasteiger partial charge in [-0.15, -0.1) is 0 Å². The molecule has 0 fully saturated rings. The van der Waals surface area contributed by atoms with Crippen molar-refractivity contribution < 1.29 is 22.7 Å². The maximum absolute atomic E-state index is 12.5. The predicted molar refractivity (Wildman–Crippen MR) is 64.8 cm³/mol.